The summed E-state index contributed by atoms with van der Waals surface area (Å²) in [6.07, 6.45) is 2.32. The van der Waals surface area contributed by atoms with Gasteiger partial charge in [0.25, 0.3) is 0 Å². The third kappa shape index (κ3) is 7.54. The summed E-state index contributed by atoms with van der Waals surface area (Å²) in [5, 5.41) is 14.4. The van der Waals surface area contributed by atoms with E-state index in [1.807, 2.05) is 13.2 Å². The molecular weight excluding hydrogens is 294 g/mol. The Hall–Kier alpha value is -0.990. The van der Waals surface area contributed by atoms with Gasteiger partial charge < -0.3 is 20.5 Å². The molecule has 2 atom stereocenters. The lowest BCUT2D eigenvalue weighted by Gasteiger charge is -2.29. The largest absolute Gasteiger partial charge is 0.480 e. The summed E-state index contributed by atoms with van der Waals surface area (Å²) < 4.78 is 5.27. The molecule has 0 aromatic rings. The van der Waals surface area contributed by atoms with Gasteiger partial charge in [-0.2, -0.15) is 11.8 Å². The lowest BCUT2D eigenvalue weighted by Crippen LogP contribution is -2.52. The fraction of sp³-hybridized carbons (Fsp3) is 0.846. The molecule has 1 fully saturated rings. The Morgan fingerprint density at radius 3 is 2.57 bits per heavy atom. The average molecular weight is 319 g/mol. The summed E-state index contributed by atoms with van der Waals surface area (Å²) in [4.78, 5) is 25.1. The molecule has 0 aromatic carbocycles. The van der Waals surface area contributed by atoms with E-state index in [4.69, 9.17) is 9.84 Å². The number of nitrogens with zero attached hydrogens (tertiary/aromatic N) is 1. The van der Waals surface area contributed by atoms with Crippen molar-refractivity contribution in [1.82, 2.24) is 15.5 Å². The van der Waals surface area contributed by atoms with Crippen molar-refractivity contribution >= 4 is 23.8 Å². The second kappa shape index (κ2) is 9.86. The van der Waals surface area contributed by atoms with Crippen molar-refractivity contribution in [3.05, 3.63) is 0 Å². The van der Waals surface area contributed by atoms with Crippen LogP contribution in [0.25, 0.3) is 0 Å². The SMILES string of the molecule is CSCCC(NC(=O)NC(C)CN1CCOCC1)C(=O)O. The van der Waals surface area contributed by atoms with Gasteiger partial charge in [0.2, 0.25) is 0 Å². The summed E-state index contributed by atoms with van der Waals surface area (Å²) in [5.41, 5.74) is 0. The molecule has 7 nitrogen and oxygen atoms in total. The fourth-order valence-corrected chi connectivity index (χ4v) is 2.60. The van der Waals surface area contributed by atoms with Gasteiger partial charge in [-0.25, -0.2) is 9.59 Å². The number of urea groups is 1. The van der Waals surface area contributed by atoms with Gasteiger partial charge in [0.15, 0.2) is 0 Å². The maximum Gasteiger partial charge on any atom is 0.326 e. The van der Waals surface area contributed by atoms with E-state index in [1.165, 1.54) is 0 Å². The molecule has 2 amide bonds. The highest BCUT2D eigenvalue weighted by atomic mass is 32.2. The number of morpholine rings is 1. The van der Waals surface area contributed by atoms with E-state index in [1.54, 1.807) is 11.8 Å². The van der Waals surface area contributed by atoms with Crippen molar-refractivity contribution in [1.29, 1.82) is 0 Å². The van der Waals surface area contributed by atoms with Gasteiger partial charge in [0.05, 0.1) is 13.2 Å². The van der Waals surface area contributed by atoms with Crippen molar-refractivity contribution < 1.29 is 19.4 Å². The van der Waals surface area contributed by atoms with Gasteiger partial charge in [-0.05, 0) is 25.4 Å². The predicted molar refractivity (Wildman–Crippen MR) is 82.8 cm³/mol. The number of carboxylic acids is 1. The maximum absolute atomic E-state index is 11.8. The van der Waals surface area contributed by atoms with Gasteiger partial charge in [-0.3, -0.25) is 4.90 Å². The number of carbonyl (C=O) groups is 2. The quantitative estimate of drug-likeness (QED) is 0.593. The molecular formula is C13H25N3O4S. The lowest BCUT2D eigenvalue weighted by molar-refractivity contribution is -0.139. The highest BCUT2D eigenvalue weighted by Gasteiger charge is 2.21. The number of rotatable bonds is 8. The lowest BCUT2D eigenvalue weighted by atomic mass is 10.2. The minimum absolute atomic E-state index is 0.0434. The Kier molecular flexibility index (Phi) is 8.48. The zero-order chi connectivity index (χ0) is 15.7. The molecule has 0 aliphatic carbocycles. The molecule has 0 spiro atoms. The number of hydrogen-bond donors (Lipinski definition) is 3. The molecule has 1 aliphatic heterocycles. The van der Waals surface area contributed by atoms with E-state index in [0.717, 1.165) is 19.6 Å². The number of amides is 2. The number of nitrogens with one attached hydrogen (secondary N) is 2. The second-order valence-corrected chi connectivity index (χ2v) is 6.09. The third-order valence-electron chi connectivity index (χ3n) is 3.23. The van der Waals surface area contributed by atoms with Gasteiger partial charge in [-0.15, -0.1) is 0 Å². The zero-order valence-corrected chi connectivity index (χ0v) is 13.4. The van der Waals surface area contributed by atoms with E-state index in [-0.39, 0.29) is 6.04 Å². The Morgan fingerprint density at radius 2 is 2.00 bits per heavy atom. The van der Waals surface area contributed by atoms with Crippen molar-refractivity contribution in [2.75, 3.05) is 44.9 Å². The van der Waals surface area contributed by atoms with Crippen LogP contribution in [0.15, 0.2) is 0 Å². The van der Waals surface area contributed by atoms with Crippen LogP contribution in [0.2, 0.25) is 0 Å². The summed E-state index contributed by atoms with van der Waals surface area (Å²) in [5.74, 6) is -0.305. The predicted octanol–water partition coefficient (Wildman–Crippen LogP) is 0.213. The van der Waals surface area contributed by atoms with Crippen LogP contribution in [-0.4, -0.2) is 78.9 Å². The Balaban J connectivity index is 2.31. The fourth-order valence-electron chi connectivity index (χ4n) is 2.13. The van der Waals surface area contributed by atoms with Crippen molar-refractivity contribution in [3.8, 4) is 0 Å². The average Bonchev–Trinajstić information content (AvgIpc) is 2.44. The first-order valence-electron chi connectivity index (χ1n) is 7.11. The summed E-state index contributed by atoms with van der Waals surface area (Å²) in [7, 11) is 0. The first kappa shape index (κ1) is 18.1. The van der Waals surface area contributed by atoms with Crippen LogP contribution in [0.1, 0.15) is 13.3 Å². The van der Waals surface area contributed by atoms with Gasteiger partial charge >= 0.3 is 12.0 Å². The van der Waals surface area contributed by atoms with Gasteiger partial charge in [-0.1, -0.05) is 0 Å². The number of carboxylic acid groups (broad SMARTS) is 1. The number of thioether (sulfide) groups is 1. The summed E-state index contributed by atoms with van der Waals surface area (Å²) in [6.45, 7) is 5.80. The normalized spacial score (nSPS) is 18.8. The van der Waals surface area contributed by atoms with Gasteiger partial charge in [0.1, 0.15) is 6.04 Å². The van der Waals surface area contributed by atoms with Gasteiger partial charge in [0, 0.05) is 25.7 Å². The molecule has 8 heteroatoms. The number of ether oxygens (including phenoxy) is 1. The molecule has 0 radical (unpaired) electrons. The Morgan fingerprint density at radius 1 is 1.33 bits per heavy atom. The Bertz CT molecular complexity index is 337. The van der Waals surface area contributed by atoms with Crippen LogP contribution >= 0.6 is 11.8 Å². The molecule has 2 unspecified atom stereocenters. The first-order valence-corrected chi connectivity index (χ1v) is 8.51. The summed E-state index contributed by atoms with van der Waals surface area (Å²) in [6, 6.07) is -1.31. The zero-order valence-electron chi connectivity index (χ0n) is 12.6. The minimum atomic E-state index is -1.000. The van der Waals surface area contributed by atoms with Crippen molar-refractivity contribution in [3.63, 3.8) is 0 Å². The van der Waals surface area contributed by atoms with Crippen LogP contribution in [0.4, 0.5) is 4.79 Å². The second-order valence-electron chi connectivity index (χ2n) is 5.10. The molecule has 1 rings (SSSR count). The van der Waals surface area contributed by atoms with E-state index in [2.05, 4.69) is 15.5 Å². The van der Waals surface area contributed by atoms with E-state index in [9.17, 15) is 9.59 Å². The minimum Gasteiger partial charge on any atom is -0.480 e. The van der Waals surface area contributed by atoms with Crippen LogP contribution in [0, 0.1) is 0 Å². The third-order valence-corrected chi connectivity index (χ3v) is 3.87. The molecule has 122 valence electrons. The Labute approximate surface area is 129 Å². The van der Waals surface area contributed by atoms with E-state index < -0.39 is 18.0 Å². The van der Waals surface area contributed by atoms with Crippen LogP contribution < -0.4 is 10.6 Å². The standard InChI is InChI=1S/C13H25N3O4S/c1-10(9-16-4-6-20-7-5-16)14-13(19)15-11(12(17)18)3-8-21-2/h10-11H,3-9H2,1-2H3,(H,17,18)(H2,14,15,19). The monoisotopic (exact) mass is 319 g/mol. The topological polar surface area (TPSA) is 90.9 Å². The molecule has 1 aliphatic rings. The van der Waals surface area contributed by atoms with Crippen LogP contribution in [-0.2, 0) is 9.53 Å². The number of carbonyl (C=O) groups excluding carboxylic acids is 1. The van der Waals surface area contributed by atoms with Crippen LogP contribution in [0.3, 0.4) is 0 Å². The molecule has 0 bridgehead atoms. The van der Waals surface area contributed by atoms with Crippen LogP contribution in [0.5, 0.6) is 0 Å². The summed E-state index contributed by atoms with van der Waals surface area (Å²) >= 11 is 1.56. The number of aliphatic carboxylic acids is 1. The number of hydrogen-bond acceptors (Lipinski definition) is 5. The van der Waals surface area contributed by atoms with Crippen molar-refractivity contribution in [2.24, 2.45) is 0 Å². The molecule has 1 saturated heterocycles. The molecule has 0 aromatic heterocycles. The maximum atomic E-state index is 11.8. The highest BCUT2D eigenvalue weighted by Crippen LogP contribution is 2.02. The van der Waals surface area contributed by atoms with Crippen molar-refractivity contribution in [2.45, 2.75) is 25.4 Å². The van der Waals surface area contributed by atoms with E-state index in [0.29, 0.717) is 25.4 Å². The molecule has 0 saturated carbocycles. The highest BCUT2D eigenvalue weighted by molar-refractivity contribution is 7.98. The smallest absolute Gasteiger partial charge is 0.326 e. The molecule has 1 heterocycles. The van der Waals surface area contributed by atoms with E-state index >= 15 is 0 Å². The molecule has 3 N–H and O–H groups in total. The first-order chi connectivity index (χ1) is 10.0. The molecule has 21 heavy (non-hydrogen) atoms.